The van der Waals surface area contributed by atoms with Gasteiger partial charge >= 0.3 is 5.97 Å². The molecule has 1 aliphatic heterocycles. The van der Waals surface area contributed by atoms with E-state index in [4.69, 9.17) is 14.9 Å². The number of carbonyl (C=O) groups is 1. The second-order valence-electron chi connectivity index (χ2n) is 4.64. The van der Waals surface area contributed by atoms with Gasteiger partial charge in [-0.05, 0) is 19.8 Å². The van der Waals surface area contributed by atoms with Crippen molar-refractivity contribution in [3.8, 4) is 0 Å². The normalized spacial score (nSPS) is 22.4. The molecular formula is C11H22N2O6S. The van der Waals surface area contributed by atoms with E-state index >= 15 is 0 Å². The van der Waals surface area contributed by atoms with Crippen LogP contribution < -0.4 is 4.72 Å². The molecule has 2 unspecified atom stereocenters. The van der Waals surface area contributed by atoms with Crippen molar-refractivity contribution in [1.82, 2.24) is 9.03 Å². The number of aliphatic hydroxyl groups is 2. The van der Waals surface area contributed by atoms with Crippen LogP contribution in [0.5, 0.6) is 0 Å². The monoisotopic (exact) mass is 310 g/mol. The van der Waals surface area contributed by atoms with Crippen LogP contribution in [0.3, 0.4) is 0 Å². The van der Waals surface area contributed by atoms with Crippen LogP contribution in [0.4, 0.5) is 0 Å². The summed E-state index contributed by atoms with van der Waals surface area (Å²) < 4.78 is 32.3. The van der Waals surface area contributed by atoms with Crippen molar-refractivity contribution < 1.29 is 28.2 Å². The molecule has 8 nitrogen and oxygen atoms in total. The average Bonchev–Trinajstić information content (AvgIpc) is 2.45. The lowest BCUT2D eigenvalue weighted by atomic mass is 10.0. The second kappa shape index (κ2) is 7.89. The molecule has 0 aromatic carbocycles. The number of nitrogens with zero attached hydrogens (tertiary/aromatic N) is 1. The van der Waals surface area contributed by atoms with Crippen LogP contribution in [0.25, 0.3) is 0 Å². The highest BCUT2D eigenvalue weighted by atomic mass is 32.2. The molecule has 1 rings (SSSR count). The van der Waals surface area contributed by atoms with Gasteiger partial charge in [-0.15, -0.1) is 0 Å². The summed E-state index contributed by atoms with van der Waals surface area (Å²) in [7, 11) is -3.77. The minimum absolute atomic E-state index is 0.0728. The van der Waals surface area contributed by atoms with E-state index in [1.807, 2.05) is 0 Å². The Morgan fingerprint density at radius 1 is 1.55 bits per heavy atom. The number of esters is 1. The zero-order valence-electron chi connectivity index (χ0n) is 11.5. The quantitative estimate of drug-likeness (QED) is 0.490. The van der Waals surface area contributed by atoms with Crippen LogP contribution >= 0.6 is 0 Å². The van der Waals surface area contributed by atoms with E-state index in [0.717, 1.165) is 0 Å². The Balaban J connectivity index is 2.59. The predicted octanol–water partition coefficient (Wildman–Crippen LogP) is -1.55. The highest BCUT2D eigenvalue weighted by Gasteiger charge is 2.33. The van der Waals surface area contributed by atoms with Crippen LogP contribution in [-0.4, -0.2) is 67.9 Å². The van der Waals surface area contributed by atoms with E-state index < -0.39 is 28.8 Å². The molecule has 118 valence electrons. The molecule has 0 saturated carbocycles. The highest BCUT2D eigenvalue weighted by Crippen LogP contribution is 2.19. The predicted molar refractivity (Wildman–Crippen MR) is 70.9 cm³/mol. The molecule has 1 heterocycles. The summed E-state index contributed by atoms with van der Waals surface area (Å²) in [4.78, 5) is 11.6. The van der Waals surface area contributed by atoms with Crippen molar-refractivity contribution in [2.45, 2.75) is 25.9 Å². The molecule has 20 heavy (non-hydrogen) atoms. The first kappa shape index (κ1) is 17.3. The number of ether oxygens (including phenoxy) is 1. The molecule has 1 fully saturated rings. The zero-order valence-corrected chi connectivity index (χ0v) is 12.3. The maximum atomic E-state index is 12.0. The largest absolute Gasteiger partial charge is 0.466 e. The molecule has 0 amide bonds. The van der Waals surface area contributed by atoms with E-state index in [2.05, 4.69) is 4.72 Å². The van der Waals surface area contributed by atoms with Crippen LogP contribution in [0.1, 0.15) is 19.8 Å². The minimum atomic E-state index is -3.77. The van der Waals surface area contributed by atoms with Gasteiger partial charge in [0.15, 0.2) is 0 Å². The van der Waals surface area contributed by atoms with Gasteiger partial charge < -0.3 is 14.9 Å². The summed E-state index contributed by atoms with van der Waals surface area (Å²) in [5.41, 5.74) is 0. The van der Waals surface area contributed by atoms with E-state index in [1.54, 1.807) is 6.92 Å². The van der Waals surface area contributed by atoms with Crippen molar-refractivity contribution in [3.05, 3.63) is 0 Å². The Morgan fingerprint density at radius 2 is 2.25 bits per heavy atom. The Kier molecular flexibility index (Phi) is 6.83. The molecule has 9 heteroatoms. The first-order valence-corrected chi connectivity index (χ1v) is 8.05. The molecule has 0 bridgehead atoms. The Hall–Kier alpha value is -0.740. The van der Waals surface area contributed by atoms with Gasteiger partial charge in [0.2, 0.25) is 0 Å². The summed E-state index contributed by atoms with van der Waals surface area (Å²) >= 11 is 0. The van der Waals surface area contributed by atoms with Crippen LogP contribution in [0, 0.1) is 5.92 Å². The maximum absolute atomic E-state index is 12.0. The van der Waals surface area contributed by atoms with Crippen molar-refractivity contribution in [2.75, 3.05) is 32.8 Å². The standard InChI is InChI=1S/C11H22N2O6S/c1-2-19-11(16)9-4-3-5-13(7-9)20(17,18)12-6-10(15)8-14/h9-10,12,14-15H,2-8H2,1H3. The fourth-order valence-electron chi connectivity index (χ4n) is 1.97. The van der Waals surface area contributed by atoms with Crippen LogP contribution in [-0.2, 0) is 19.7 Å². The lowest BCUT2D eigenvalue weighted by Gasteiger charge is -2.30. The van der Waals surface area contributed by atoms with Crippen molar-refractivity contribution in [3.63, 3.8) is 0 Å². The van der Waals surface area contributed by atoms with Crippen LogP contribution in [0.15, 0.2) is 0 Å². The van der Waals surface area contributed by atoms with Crippen LogP contribution in [0.2, 0.25) is 0 Å². The summed E-state index contributed by atoms with van der Waals surface area (Å²) in [6, 6.07) is 0. The molecule has 0 aromatic heterocycles. The van der Waals surface area contributed by atoms with Gasteiger partial charge in [0, 0.05) is 19.6 Å². The molecule has 0 aromatic rings. The molecule has 0 aliphatic carbocycles. The van der Waals surface area contributed by atoms with Gasteiger partial charge in [-0.1, -0.05) is 0 Å². The lowest BCUT2D eigenvalue weighted by molar-refractivity contribution is -0.149. The molecule has 0 spiro atoms. The van der Waals surface area contributed by atoms with Crippen molar-refractivity contribution in [2.24, 2.45) is 5.92 Å². The number of hydrogen-bond acceptors (Lipinski definition) is 6. The summed E-state index contributed by atoms with van der Waals surface area (Å²) in [6.07, 6.45) is 0.0345. The number of piperidine rings is 1. The number of aliphatic hydroxyl groups excluding tert-OH is 2. The minimum Gasteiger partial charge on any atom is -0.466 e. The molecular weight excluding hydrogens is 288 g/mol. The van der Waals surface area contributed by atoms with E-state index in [-0.39, 0.29) is 25.7 Å². The number of carbonyl (C=O) groups excluding carboxylic acids is 1. The lowest BCUT2D eigenvalue weighted by Crippen LogP contribution is -2.49. The fraction of sp³-hybridized carbons (Fsp3) is 0.909. The number of nitrogens with one attached hydrogen (secondary N) is 1. The van der Waals surface area contributed by atoms with E-state index in [9.17, 15) is 13.2 Å². The maximum Gasteiger partial charge on any atom is 0.310 e. The fourth-order valence-corrected chi connectivity index (χ4v) is 3.30. The Labute approximate surface area is 118 Å². The van der Waals surface area contributed by atoms with Crippen molar-refractivity contribution >= 4 is 16.2 Å². The Morgan fingerprint density at radius 3 is 2.85 bits per heavy atom. The third kappa shape index (κ3) is 4.98. The average molecular weight is 310 g/mol. The summed E-state index contributed by atoms with van der Waals surface area (Å²) in [5, 5.41) is 17.8. The molecule has 0 radical (unpaired) electrons. The first-order chi connectivity index (χ1) is 9.40. The second-order valence-corrected chi connectivity index (χ2v) is 6.39. The Bertz CT molecular complexity index is 413. The summed E-state index contributed by atoms with van der Waals surface area (Å²) in [6.45, 7) is 1.58. The molecule has 1 saturated heterocycles. The smallest absolute Gasteiger partial charge is 0.310 e. The van der Waals surface area contributed by atoms with Crippen molar-refractivity contribution in [1.29, 1.82) is 0 Å². The first-order valence-electron chi connectivity index (χ1n) is 6.61. The van der Waals surface area contributed by atoms with E-state index in [0.29, 0.717) is 19.4 Å². The molecule has 3 N–H and O–H groups in total. The SMILES string of the molecule is CCOC(=O)C1CCCN(S(=O)(=O)NCC(O)CO)C1. The van der Waals surface area contributed by atoms with E-state index in [1.165, 1.54) is 4.31 Å². The van der Waals surface area contributed by atoms with Gasteiger partial charge in [-0.25, -0.2) is 0 Å². The third-order valence-electron chi connectivity index (χ3n) is 3.06. The van der Waals surface area contributed by atoms with Gasteiger partial charge in [-0.3, -0.25) is 4.79 Å². The van der Waals surface area contributed by atoms with Gasteiger partial charge in [0.1, 0.15) is 0 Å². The summed E-state index contributed by atoms with van der Waals surface area (Å²) in [5.74, 6) is -0.842. The topological polar surface area (TPSA) is 116 Å². The van der Waals surface area contributed by atoms with Gasteiger partial charge in [0.05, 0.1) is 25.2 Å². The third-order valence-corrected chi connectivity index (χ3v) is 4.60. The molecule has 2 atom stereocenters. The highest BCUT2D eigenvalue weighted by molar-refractivity contribution is 7.87. The van der Waals surface area contributed by atoms with Gasteiger partial charge in [-0.2, -0.15) is 17.4 Å². The number of rotatable bonds is 7. The van der Waals surface area contributed by atoms with Gasteiger partial charge in [0.25, 0.3) is 10.2 Å². The molecule has 1 aliphatic rings. The number of hydrogen-bond donors (Lipinski definition) is 3. The zero-order chi connectivity index (χ0) is 15.2.